The third-order valence-electron chi connectivity index (χ3n) is 15.5. The number of hydrogen-bond donors (Lipinski definition) is 2. The fraction of sp³-hybridized carbons (Fsp3) is 0.358. The predicted molar refractivity (Wildman–Crippen MR) is 321 cm³/mol. The van der Waals surface area contributed by atoms with Crippen molar-refractivity contribution in [1.29, 1.82) is 0 Å². The van der Waals surface area contributed by atoms with Gasteiger partial charge < -0.3 is 40.4 Å². The van der Waals surface area contributed by atoms with Crippen LogP contribution >= 0.6 is 0 Å². The third kappa shape index (κ3) is 18.0. The lowest BCUT2D eigenvalue weighted by Crippen LogP contribution is -2.62. The Hall–Kier alpha value is -8.51. The van der Waals surface area contributed by atoms with Crippen LogP contribution in [0.25, 0.3) is 0 Å². The molecule has 1 aliphatic heterocycles. The number of primary amides is 1. The summed E-state index contributed by atoms with van der Waals surface area (Å²) in [5.41, 5.74) is 8.77. The SMILES string of the molecule is C[C@@H](c1ccccc1)N(CC(N)=O)C(=O)CN(Cc1ccccc1)C(=O)CN(Cc1ccccc1)C(=O)CN(C(=O)CN(Cc1ccccc1)C(=O)CN(Cc1ccccc1)C(=O)CNC1CC(C)(C)N([O])C(C)(C)C1)[C@@H](C)c1ccccc1. The monoisotopic (exact) mass is 1140 g/mol. The second-order valence-corrected chi connectivity index (χ2v) is 23.0. The third-order valence-corrected chi connectivity index (χ3v) is 15.5. The molecule has 17 nitrogen and oxygen atoms in total. The van der Waals surface area contributed by atoms with E-state index in [1.54, 1.807) is 13.8 Å². The summed E-state index contributed by atoms with van der Waals surface area (Å²) < 4.78 is 0. The molecule has 0 aromatic heterocycles. The maximum absolute atomic E-state index is 15.3. The van der Waals surface area contributed by atoms with E-state index in [1.807, 2.05) is 210 Å². The molecule has 17 heteroatoms. The number of benzene rings is 6. The van der Waals surface area contributed by atoms with Crippen molar-refractivity contribution in [3.8, 4) is 0 Å². The number of nitrogens with zero attached hydrogens (tertiary/aromatic N) is 7. The minimum Gasteiger partial charge on any atom is -0.368 e. The fourth-order valence-electron chi connectivity index (χ4n) is 11.0. The highest BCUT2D eigenvalue weighted by atomic mass is 16.5. The lowest BCUT2D eigenvalue weighted by molar-refractivity contribution is -0.290. The minimum atomic E-state index is -0.727. The Morgan fingerprint density at radius 3 is 1.02 bits per heavy atom. The lowest BCUT2D eigenvalue weighted by Gasteiger charge is -2.50. The Labute approximate surface area is 494 Å². The van der Waals surface area contributed by atoms with Gasteiger partial charge in [0.15, 0.2) is 0 Å². The average Bonchev–Trinajstić information content (AvgIpc) is 3.67. The maximum Gasteiger partial charge on any atom is 0.243 e. The van der Waals surface area contributed by atoms with Crippen LogP contribution in [0.15, 0.2) is 182 Å². The van der Waals surface area contributed by atoms with Gasteiger partial charge in [-0.05, 0) is 87.8 Å². The van der Waals surface area contributed by atoms with Gasteiger partial charge >= 0.3 is 0 Å². The minimum absolute atomic E-state index is 0.00205. The van der Waals surface area contributed by atoms with Crippen LogP contribution in [0.3, 0.4) is 0 Å². The molecule has 0 unspecified atom stereocenters. The van der Waals surface area contributed by atoms with Crippen molar-refractivity contribution in [2.75, 3.05) is 45.8 Å². The van der Waals surface area contributed by atoms with Crippen LogP contribution in [0.5, 0.6) is 0 Å². The molecule has 0 bridgehead atoms. The van der Waals surface area contributed by atoms with Crippen LogP contribution in [0, 0.1) is 0 Å². The number of carbonyl (C=O) groups excluding carboxylic acids is 7. The zero-order valence-electron chi connectivity index (χ0n) is 49.2. The Kier molecular flexibility index (Phi) is 22.3. The van der Waals surface area contributed by atoms with E-state index in [4.69, 9.17) is 5.73 Å². The van der Waals surface area contributed by atoms with Crippen LogP contribution in [-0.2, 0) is 64.9 Å². The van der Waals surface area contributed by atoms with E-state index in [0.29, 0.717) is 24.0 Å². The molecule has 6 aromatic carbocycles. The summed E-state index contributed by atoms with van der Waals surface area (Å²) in [6.45, 7) is 8.42. The van der Waals surface area contributed by atoms with Gasteiger partial charge in [0, 0.05) is 43.3 Å². The smallest absolute Gasteiger partial charge is 0.243 e. The van der Waals surface area contributed by atoms with E-state index in [9.17, 15) is 24.4 Å². The number of hydroxylamine groups is 2. The highest BCUT2D eigenvalue weighted by Gasteiger charge is 2.46. The summed E-state index contributed by atoms with van der Waals surface area (Å²) in [6.07, 6.45) is 1.03. The molecule has 1 fully saturated rings. The first-order valence-electron chi connectivity index (χ1n) is 28.6. The first kappa shape index (κ1) is 63.1. The predicted octanol–water partition coefficient (Wildman–Crippen LogP) is 7.72. The number of rotatable bonds is 27. The van der Waals surface area contributed by atoms with E-state index in [2.05, 4.69) is 5.32 Å². The Bertz CT molecular complexity index is 3100. The van der Waals surface area contributed by atoms with Crippen molar-refractivity contribution in [1.82, 2.24) is 39.8 Å². The molecule has 6 aromatic rings. The molecule has 0 saturated carbocycles. The lowest BCUT2D eigenvalue weighted by atomic mass is 9.79. The molecule has 1 aliphatic rings. The first-order valence-corrected chi connectivity index (χ1v) is 28.6. The molecule has 2 atom stereocenters. The average molecular weight is 1140 g/mol. The van der Waals surface area contributed by atoms with E-state index in [1.165, 1.54) is 29.4 Å². The molecule has 3 N–H and O–H groups in total. The number of amides is 7. The van der Waals surface area contributed by atoms with Gasteiger partial charge in [-0.3, -0.25) is 33.6 Å². The van der Waals surface area contributed by atoms with Crippen molar-refractivity contribution in [2.24, 2.45) is 5.73 Å². The number of nitrogens with two attached hydrogens (primary N) is 1. The van der Waals surface area contributed by atoms with Gasteiger partial charge in [-0.25, -0.2) is 0 Å². The largest absolute Gasteiger partial charge is 0.368 e. The summed E-state index contributed by atoms with van der Waals surface area (Å²) in [4.78, 5) is 110. The highest BCUT2D eigenvalue weighted by Crippen LogP contribution is 2.37. The summed E-state index contributed by atoms with van der Waals surface area (Å²) in [5.74, 6) is -3.82. The Morgan fingerprint density at radius 1 is 0.429 bits per heavy atom. The van der Waals surface area contributed by atoms with Crippen molar-refractivity contribution in [2.45, 2.75) is 110 Å². The molecular formula is C67H80N9O8. The molecular weight excluding hydrogens is 1060 g/mol. The van der Waals surface area contributed by atoms with E-state index in [0.717, 1.165) is 27.3 Å². The molecule has 0 spiro atoms. The molecule has 7 amide bonds. The standard InChI is InChI=1S/C67H80N9O8/c1-50(56-33-21-11-22-34-56)74(44-59(68)77)64(82)47-72(42-54-29-17-9-18-30-54)62(80)46-71(41-53-27-15-8-16-28-53)63(81)49-75(51(2)57-35-23-12-24-36-57)65(83)48-73(43-55-31-19-10-20-32-55)61(79)45-70(40-52-25-13-7-14-26-52)60(78)39-69-58-37-66(3,4)76(84)67(5,6)38-58/h7-36,50-51,58,69H,37-49H2,1-6H3,(H2,68,77)/t50-,51-/m0/s1. The molecule has 84 heavy (non-hydrogen) atoms. The van der Waals surface area contributed by atoms with Gasteiger partial charge in [0.25, 0.3) is 0 Å². The highest BCUT2D eigenvalue weighted by molar-refractivity contribution is 5.93. The number of hydrogen-bond acceptors (Lipinski definition) is 9. The van der Waals surface area contributed by atoms with Crippen LogP contribution in [0.1, 0.15) is 99.8 Å². The van der Waals surface area contributed by atoms with Gasteiger partial charge in [-0.2, -0.15) is 0 Å². The first-order chi connectivity index (χ1) is 40.2. The normalized spacial score (nSPS) is 14.5. The molecule has 7 rings (SSSR count). The van der Waals surface area contributed by atoms with Crippen LogP contribution in [0.2, 0.25) is 0 Å². The maximum atomic E-state index is 15.3. The second-order valence-electron chi connectivity index (χ2n) is 23.0. The van der Waals surface area contributed by atoms with Crippen molar-refractivity contribution in [3.05, 3.63) is 215 Å². The van der Waals surface area contributed by atoms with Gasteiger partial charge in [0.1, 0.15) is 32.7 Å². The topological polar surface area (TPSA) is 200 Å². The van der Waals surface area contributed by atoms with Gasteiger partial charge in [0.2, 0.25) is 41.4 Å². The Morgan fingerprint density at radius 2 is 0.702 bits per heavy atom. The number of carbonyl (C=O) groups is 7. The summed E-state index contributed by atoms with van der Waals surface area (Å²) in [7, 11) is 0. The molecule has 441 valence electrons. The second kappa shape index (κ2) is 29.6. The molecule has 0 aliphatic carbocycles. The summed E-state index contributed by atoms with van der Waals surface area (Å²) in [5, 5.41) is 17.7. The van der Waals surface area contributed by atoms with Gasteiger partial charge in [-0.15, -0.1) is 10.3 Å². The molecule has 1 heterocycles. The summed E-state index contributed by atoms with van der Waals surface area (Å²) in [6, 6.07) is 53.7. The van der Waals surface area contributed by atoms with Crippen molar-refractivity contribution >= 4 is 41.4 Å². The van der Waals surface area contributed by atoms with E-state index >= 15 is 14.4 Å². The van der Waals surface area contributed by atoms with Crippen molar-refractivity contribution < 1.29 is 38.8 Å². The molecule has 1 saturated heterocycles. The summed E-state index contributed by atoms with van der Waals surface area (Å²) >= 11 is 0. The van der Waals surface area contributed by atoms with Gasteiger partial charge in [-0.1, -0.05) is 182 Å². The quantitative estimate of drug-likeness (QED) is 0.0518. The van der Waals surface area contributed by atoms with Crippen LogP contribution in [0.4, 0.5) is 0 Å². The number of nitrogens with one attached hydrogen (secondary N) is 1. The Balaban J connectivity index is 1.18. The fourth-order valence-corrected chi connectivity index (χ4v) is 11.0. The van der Waals surface area contributed by atoms with E-state index < -0.39 is 91.3 Å². The number of piperidine rings is 1. The van der Waals surface area contributed by atoms with Gasteiger partial charge in [0.05, 0.1) is 25.2 Å². The molecule has 1 radical (unpaired) electrons. The zero-order valence-corrected chi connectivity index (χ0v) is 49.2. The van der Waals surface area contributed by atoms with Crippen molar-refractivity contribution in [3.63, 3.8) is 0 Å². The van der Waals surface area contributed by atoms with Crippen LogP contribution < -0.4 is 11.1 Å². The zero-order chi connectivity index (χ0) is 60.4. The van der Waals surface area contributed by atoms with E-state index in [-0.39, 0.29) is 51.2 Å². The van der Waals surface area contributed by atoms with Crippen LogP contribution in [-0.4, -0.2) is 139 Å².